The van der Waals surface area contributed by atoms with Crippen LogP contribution in [0.15, 0.2) is 48.5 Å². The molecule has 31 heavy (non-hydrogen) atoms. The highest BCUT2D eigenvalue weighted by Gasteiger charge is 2.24. The predicted molar refractivity (Wildman–Crippen MR) is 122 cm³/mol. The van der Waals surface area contributed by atoms with Crippen LogP contribution in [0.4, 0.5) is 15.8 Å². The van der Waals surface area contributed by atoms with E-state index in [1.54, 1.807) is 0 Å². The molecule has 2 aromatic carbocycles. The first-order valence-electron chi connectivity index (χ1n) is 10.3. The molecule has 1 aliphatic rings. The lowest BCUT2D eigenvalue weighted by molar-refractivity contribution is -0.117. The summed E-state index contributed by atoms with van der Waals surface area (Å²) in [6.45, 7) is 7.59. The van der Waals surface area contributed by atoms with E-state index in [0.29, 0.717) is 5.69 Å². The number of nitrogens with zero attached hydrogens (tertiary/aromatic N) is 4. The summed E-state index contributed by atoms with van der Waals surface area (Å²) in [7, 11) is 0. The van der Waals surface area contributed by atoms with E-state index in [0.717, 1.165) is 48.9 Å². The highest BCUT2D eigenvalue weighted by atomic mass is 35.5. The van der Waals surface area contributed by atoms with E-state index in [4.69, 9.17) is 16.7 Å². The number of hydrogen-bond donors (Lipinski definition) is 1. The number of anilines is 2. The van der Waals surface area contributed by atoms with Gasteiger partial charge in [0.15, 0.2) is 0 Å². The third-order valence-electron chi connectivity index (χ3n) is 5.51. The first-order valence-corrected chi connectivity index (χ1v) is 10.6. The number of piperazine rings is 1. The number of carbonyl (C=O) groups excluding carboxylic acids is 1. The second kappa shape index (κ2) is 9.08. The molecule has 0 atom stereocenters. The number of carbonyl (C=O) groups is 1. The van der Waals surface area contributed by atoms with Crippen LogP contribution in [0, 0.1) is 19.7 Å². The SMILES string of the molecule is Cc1nn(-c2ccccc2)c(C)c1N1CCN(CC(=O)Nc2ccc(F)c(Cl)c2)CC1. The summed E-state index contributed by atoms with van der Waals surface area (Å²) in [6, 6.07) is 14.3. The lowest BCUT2D eigenvalue weighted by Crippen LogP contribution is -2.49. The minimum absolute atomic E-state index is 0.00629. The van der Waals surface area contributed by atoms with Crippen LogP contribution in [-0.2, 0) is 4.79 Å². The molecule has 2 heterocycles. The van der Waals surface area contributed by atoms with Crippen LogP contribution >= 0.6 is 11.6 Å². The van der Waals surface area contributed by atoms with Crippen molar-refractivity contribution in [2.24, 2.45) is 0 Å². The third kappa shape index (κ3) is 4.73. The van der Waals surface area contributed by atoms with Gasteiger partial charge in [-0.3, -0.25) is 9.69 Å². The van der Waals surface area contributed by atoms with Crippen molar-refractivity contribution in [3.8, 4) is 5.69 Å². The van der Waals surface area contributed by atoms with Crippen molar-refractivity contribution in [2.45, 2.75) is 13.8 Å². The molecule has 1 saturated heterocycles. The summed E-state index contributed by atoms with van der Waals surface area (Å²) in [5.41, 5.74) is 4.82. The van der Waals surface area contributed by atoms with Gasteiger partial charge in [-0.05, 0) is 44.2 Å². The number of halogens is 2. The number of amides is 1. The minimum atomic E-state index is -0.503. The Morgan fingerprint density at radius 3 is 2.48 bits per heavy atom. The Morgan fingerprint density at radius 2 is 1.81 bits per heavy atom. The molecule has 162 valence electrons. The number of aromatic nitrogens is 2. The van der Waals surface area contributed by atoms with Crippen LogP contribution < -0.4 is 10.2 Å². The summed E-state index contributed by atoms with van der Waals surface area (Å²) in [5, 5.41) is 7.52. The normalized spacial score (nSPS) is 14.6. The van der Waals surface area contributed by atoms with Gasteiger partial charge in [0, 0.05) is 31.9 Å². The number of rotatable bonds is 5. The standard InChI is InChI=1S/C23H25ClFN5O/c1-16-23(17(2)30(27-16)19-6-4-3-5-7-19)29-12-10-28(11-13-29)15-22(31)26-18-8-9-21(25)20(24)14-18/h3-9,14H,10-13,15H2,1-2H3,(H,26,31). The fraction of sp³-hybridized carbons (Fsp3) is 0.304. The van der Waals surface area contributed by atoms with Crippen molar-refractivity contribution >= 4 is 28.9 Å². The van der Waals surface area contributed by atoms with Gasteiger partial charge >= 0.3 is 0 Å². The number of nitrogens with one attached hydrogen (secondary N) is 1. The van der Waals surface area contributed by atoms with E-state index in [1.807, 2.05) is 41.9 Å². The van der Waals surface area contributed by atoms with Crippen LogP contribution in [0.2, 0.25) is 5.02 Å². The molecule has 1 N–H and O–H groups in total. The lowest BCUT2D eigenvalue weighted by Gasteiger charge is -2.35. The van der Waals surface area contributed by atoms with Gasteiger partial charge in [0.1, 0.15) is 5.82 Å². The molecule has 0 unspecified atom stereocenters. The number of benzene rings is 2. The van der Waals surface area contributed by atoms with Crippen LogP contribution in [0.1, 0.15) is 11.4 Å². The molecule has 6 nitrogen and oxygen atoms in total. The number of para-hydroxylation sites is 1. The molecule has 1 aromatic heterocycles. The molecule has 8 heteroatoms. The van der Waals surface area contributed by atoms with Crippen LogP contribution in [0.5, 0.6) is 0 Å². The average molecular weight is 442 g/mol. The molecule has 1 fully saturated rings. The zero-order valence-corrected chi connectivity index (χ0v) is 18.4. The number of hydrogen-bond acceptors (Lipinski definition) is 4. The average Bonchev–Trinajstić information content (AvgIpc) is 3.06. The summed E-state index contributed by atoms with van der Waals surface area (Å²) < 4.78 is 15.3. The van der Waals surface area contributed by atoms with Gasteiger partial charge in [0.25, 0.3) is 0 Å². The first-order chi connectivity index (χ1) is 14.9. The zero-order valence-electron chi connectivity index (χ0n) is 17.6. The van der Waals surface area contributed by atoms with E-state index in [1.165, 1.54) is 18.2 Å². The first kappa shape index (κ1) is 21.3. The molecule has 0 spiro atoms. The smallest absolute Gasteiger partial charge is 0.238 e. The highest BCUT2D eigenvalue weighted by Crippen LogP contribution is 2.27. The van der Waals surface area contributed by atoms with Crippen molar-refractivity contribution in [2.75, 3.05) is 42.9 Å². The van der Waals surface area contributed by atoms with Gasteiger partial charge in [-0.2, -0.15) is 5.10 Å². The van der Waals surface area contributed by atoms with Crippen LogP contribution in [-0.4, -0.2) is 53.3 Å². The molecule has 1 amide bonds. The Kier molecular flexibility index (Phi) is 6.25. The quantitative estimate of drug-likeness (QED) is 0.649. The van der Waals surface area contributed by atoms with Gasteiger partial charge in [-0.1, -0.05) is 29.8 Å². The van der Waals surface area contributed by atoms with E-state index < -0.39 is 5.82 Å². The van der Waals surface area contributed by atoms with Crippen LogP contribution in [0.3, 0.4) is 0 Å². The fourth-order valence-corrected chi connectivity index (χ4v) is 4.20. The maximum absolute atomic E-state index is 13.3. The Bertz CT molecular complexity index is 1080. The monoisotopic (exact) mass is 441 g/mol. The largest absolute Gasteiger partial charge is 0.366 e. The van der Waals surface area contributed by atoms with Gasteiger partial charge in [-0.25, -0.2) is 9.07 Å². The summed E-state index contributed by atoms with van der Waals surface area (Å²) >= 11 is 5.78. The topological polar surface area (TPSA) is 53.4 Å². The van der Waals surface area contributed by atoms with Gasteiger partial charge < -0.3 is 10.2 Å². The molecular formula is C23H25ClFN5O. The molecule has 3 aromatic rings. The molecule has 0 radical (unpaired) electrons. The summed E-state index contributed by atoms with van der Waals surface area (Å²) in [6.07, 6.45) is 0. The molecule has 4 rings (SSSR count). The van der Waals surface area contributed by atoms with E-state index in [2.05, 4.69) is 22.0 Å². The van der Waals surface area contributed by atoms with Gasteiger partial charge in [0.05, 0.1) is 34.3 Å². The second-order valence-corrected chi connectivity index (χ2v) is 8.11. The Labute approximate surface area is 186 Å². The summed E-state index contributed by atoms with van der Waals surface area (Å²) in [4.78, 5) is 16.8. The van der Waals surface area contributed by atoms with Crippen molar-refractivity contribution in [3.05, 3.63) is 70.8 Å². The van der Waals surface area contributed by atoms with Crippen molar-refractivity contribution in [3.63, 3.8) is 0 Å². The van der Waals surface area contributed by atoms with E-state index in [-0.39, 0.29) is 17.5 Å². The zero-order chi connectivity index (χ0) is 22.0. The van der Waals surface area contributed by atoms with Crippen LogP contribution in [0.25, 0.3) is 5.69 Å². The molecule has 0 aliphatic carbocycles. The summed E-state index contributed by atoms with van der Waals surface area (Å²) in [5.74, 6) is -0.641. The predicted octanol–water partition coefficient (Wildman–Crippen LogP) is 4.04. The van der Waals surface area contributed by atoms with Crippen molar-refractivity contribution in [1.82, 2.24) is 14.7 Å². The minimum Gasteiger partial charge on any atom is -0.366 e. The van der Waals surface area contributed by atoms with E-state index in [9.17, 15) is 9.18 Å². The maximum atomic E-state index is 13.3. The third-order valence-corrected chi connectivity index (χ3v) is 5.80. The lowest BCUT2D eigenvalue weighted by atomic mass is 10.2. The van der Waals surface area contributed by atoms with Crippen molar-refractivity contribution < 1.29 is 9.18 Å². The molecule has 0 bridgehead atoms. The van der Waals surface area contributed by atoms with Gasteiger partial charge in [0.2, 0.25) is 5.91 Å². The Morgan fingerprint density at radius 1 is 1.10 bits per heavy atom. The van der Waals surface area contributed by atoms with Gasteiger partial charge in [-0.15, -0.1) is 0 Å². The molecule has 1 aliphatic heterocycles. The Hall–Kier alpha value is -2.90. The molecular weight excluding hydrogens is 417 g/mol. The fourth-order valence-electron chi connectivity index (χ4n) is 4.02. The second-order valence-electron chi connectivity index (χ2n) is 7.71. The van der Waals surface area contributed by atoms with E-state index >= 15 is 0 Å². The molecule has 0 saturated carbocycles. The highest BCUT2D eigenvalue weighted by molar-refractivity contribution is 6.31. The number of aryl methyl sites for hydroxylation is 1. The van der Waals surface area contributed by atoms with Crippen molar-refractivity contribution in [1.29, 1.82) is 0 Å². The Balaban J connectivity index is 1.36. The maximum Gasteiger partial charge on any atom is 0.238 e.